The van der Waals surface area contributed by atoms with Crippen LogP contribution in [-0.4, -0.2) is 35.6 Å². The highest BCUT2D eigenvalue weighted by atomic mass is 127. The maximum atomic E-state index is 4.48. The van der Waals surface area contributed by atoms with Crippen molar-refractivity contribution in [2.75, 3.05) is 20.1 Å². The van der Waals surface area contributed by atoms with Crippen LogP contribution in [0.5, 0.6) is 0 Å². The highest BCUT2D eigenvalue weighted by molar-refractivity contribution is 14.0. The lowest BCUT2D eigenvalue weighted by atomic mass is 10.2. The molecule has 3 rings (SSSR count). The number of imidazole rings is 1. The molecule has 1 aliphatic carbocycles. The third kappa shape index (κ3) is 5.81. The van der Waals surface area contributed by atoms with Gasteiger partial charge in [0.25, 0.3) is 0 Å². The molecule has 0 saturated heterocycles. The zero-order valence-corrected chi connectivity index (χ0v) is 16.4. The van der Waals surface area contributed by atoms with Gasteiger partial charge in [0, 0.05) is 45.5 Å². The average Bonchev–Trinajstić information content (AvgIpc) is 3.32. The molecule has 1 saturated carbocycles. The zero-order valence-electron chi connectivity index (χ0n) is 14.1. The van der Waals surface area contributed by atoms with Crippen LogP contribution in [0.15, 0.2) is 47.7 Å². The minimum Gasteiger partial charge on any atom is -0.356 e. The van der Waals surface area contributed by atoms with Gasteiger partial charge < -0.3 is 15.2 Å². The van der Waals surface area contributed by atoms with Crippen molar-refractivity contribution in [3.63, 3.8) is 0 Å². The van der Waals surface area contributed by atoms with Gasteiger partial charge in [0.2, 0.25) is 0 Å². The van der Waals surface area contributed by atoms with Gasteiger partial charge in [-0.25, -0.2) is 4.98 Å². The summed E-state index contributed by atoms with van der Waals surface area (Å²) in [4.78, 5) is 8.75. The smallest absolute Gasteiger partial charge is 0.190 e. The van der Waals surface area contributed by atoms with Crippen molar-refractivity contribution in [2.45, 2.75) is 25.8 Å². The van der Waals surface area contributed by atoms with Crippen LogP contribution in [0.2, 0.25) is 0 Å². The van der Waals surface area contributed by atoms with E-state index in [2.05, 4.69) is 49.4 Å². The minimum atomic E-state index is 0. The van der Waals surface area contributed by atoms with Crippen LogP contribution < -0.4 is 10.6 Å². The van der Waals surface area contributed by atoms with E-state index < -0.39 is 0 Å². The quantitative estimate of drug-likeness (QED) is 0.396. The molecule has 6 heteroatoms. The first-order valence-corrected chi connectivity index (χ1v) is 8.33. The third-order valence-corrected chi connectivity index (χ3v) is 4.12. The lowest BCUT2D eigenvalue weighted by molar-refractivity contribution is 0.687. The van der Waals surface area contributed by atoms with Gasteiger partial charge in [-0.15, -0.1) is 24.0 Å². The van der Waals surface area contributed by atoms with Crippen LogP contribution in [0.25, 0.3) is 0 Å². The third-order valence-electron chi connectivity index (χ3n) is 4.12. The average molecular weight is 439 g/mol. The van der Waals surface area contributed by atoms with E-state index in [9.17, 15) is 0 Å². The maximum Gasteiger partial charge on any atom is 0.190 e. The number of nitrogens with zero attached hydrogens (tertiary/aromatic N) is 3. The van der Waals surface area contributed by atoms with Crippen LogP contribution in [0.4, 0.5) is 0 Å². The molecule has 24 heavy (non-hydrogen) atoms. The molecular weight excluding hydrogens is 413 g/mol. The monoisotopic (exact) mass is 439 g/mol. The Morgan fingerprint density at radius 2 is 2.04 bits per heavy atom. The Balaban J connectivity index is 0.00000208. The van der Waals surface area contributed by atoms with Crippen LogP contribution in [0.3, 0.4) is 0 Å². The lowest BCUT2D eigenvalue weighted by Gasteiger charge is -2.12. The van der Waals surface area contributed by atoms with Gasteiger partial charge in [-0.2, -0.15) is 0 Å². The molecule has 1 fully saturated rings. The molecule has 0 unspecified atom stereocenters. The Kier molecular flexibility index (Phi) is 7.55. The van der Waals surface area contributed by atoms with Crippen LogP contribution in [0, 0.1) is 5.92 Å². The Labute approximate surface area is 161 Å². The summed E-state index contributed by atoms with van der Waals surface area (Å²) >= 11 is 0. The first kappa shape index (κ1) is 18.8. The highest BCUT2D eigenvalue weighted by Crippen LogP contribution is 2.27. The second-order valence-corrected chi connectivity index (χ2v) is 6.03. The van der Waals surface area contributed by atoms with Crippen molar-refractivity contribution in [2.24, 2.45) is 10.9 Å². The van der Waals surface area contributed by atoms with Crippen molar-refractivity contribution >= 4 is 29.9 Å². The summed E-state index contributed by atoms with van der Waals surface area (Å²) in [6.07, 6.45) is 7.49. The molecule has 0 aliphatic heterocycles. The van der Waals surface area contributed by atoms with Crippen LogP contribution in [0.1, 0.15) is 24.2 Å². The molecule has 1 aliphatic rings. The van der Waals surface area contributed by atoms with E-state index in [-0.39, 0.29) is 24.0 Å². The van der Waals surface area contributed by atoms with Gasteiger partial charge in [0.1, 0.15) is 5.82 Å². The van der Waals surface area contributed by atoms with Gasteiger partial charge >= 0.3 is 0 Å². The molecule has 0 bridgehead atoms. The van der Waals surface area contributed by atoms with Crippen LogP contribution >= 0.6 is 24.0 Å². The number of guanidine groups is 1. The molecule has 0 atom stereocenters. The van der Waals surface area contributed by atoms with Crippen molar-refractivity contribution in [1.82, 2.24) is 20.2 Å². The highest BCUT2D eigenvalue weighted by Gasteiger charge is 2.20. The van der Waals surface area contributed by atoms with E-state index >= 15 is 0 Å². The number of nitrogens with one attached hydrogen (secondary N) is 2. The van der Waals surface area contributed by atoms with Crippen LogP contribution in [-0.2, 0) is 13.0 Å². The molecule has 5 nitrogen and oxygen atoms in total. The standard InChI is InChI=1S/C18H25N5.HI/c1-19-18(22-13-15-7-8-15)21-10-9-17-20-11-12-23(17)14-16-5-3-2-4-6-16;/h2-6,11-12,15H,7-10,13-14H2,1H3,(H2,19,21,22);1H. The second-order valence-electron chi connectivity index (χ2n) is 6.03. The normalized spacial score (nSPS) is 14.1. The SMILES string of the molecule is CN=C(NCCc1nccn1Cc1ccccc1)NCC1CC1.I. The molecule has 1 aromatic carbocycles. The molecule has 0 amide bonds. The number of hydrogen-bond donors (Lipinski definition) is 2. The summed E-state index contributed by atoms with van der Waals surface area (Å²) in [5.74, 6) is 2.83. The van der Waals surface area contributed by atoms with Gasteiger partial charge in [0.05, 0.1) is 0 Å². The Bertz CT molecular complexity index is 634. The Hall–Kier alpha value is -1.57. The van der Waals surface area contributed by atoms with Gasteiger partial charge in [-0.05, 0) is 24.3 Å². The van der Waals surface area contributed by atoms with E-state index in [0.29, 0.717) is 0 Å². The molecular formula is C18H26IN5. The van der Waals surface area contributed by atoms with E-state index in [1.54, 1.807) is 0 Å². The van der Waals surface area contributed by atoms with Crippen molar-refractivity contribution in [3.05, 3.63) is 54.1 Å². The van der Waals surface area contributed by atoms with E-state index in [4.69, 9.17) is 0 Å². The summed E-state index contributed by atoms with van der Waals surface area (Å²) in [6, 6.07) is 10.5. The van der Waals surface area contributed by atoms with Gasteiger partial charge in [-0.1, -0.05) is 30.3 Å². The van der Waals surface area contributed by atoms with Crippen molar-refractivity contribution in [3.8, 4) is 0 Å². The molecule has 2 aromatic rings. The summed E-state index contributed by atoms with van der Waals surface area (Å²) in [6.45, 7) is 2.73. The first-order valence-electron chi connectivity index (χ1n) is 8.33. The topological polar surface area (TPSA) is 54.2 Å². The fraction of sp³-hybridized carbons (Fsp3) is 0.444. The molecule has 1 aromatic heterocycles. The molecule has 0 radical (unpaired) electrons. The van der Waals surface area contributed by atoms with Crippen molar-refractivity contribution < 1.29 is 0 Å². The number of hydrogen-bond acceptors (Lipinski definition) is 2. The van der Waals surface area contributed by atoms with Crippen molar-refractivity contribution in [1.29, 1.82) is 0 Å². The number of aromatic nitrogens is 2. The maximum absolute atomic E-state index is 4.48. The molecule has 2 N–H and O–H groups in total. The largest absolute Gasteiger partial charge is 0.356 e. The fourth-order valence-corrected chi connectivity index (χ4v) is 2.57. The van der Waals surface area contributed by atoms with E-state index in [0.717, 1.165) is 43.8 Å². The lowest BCUT2D eigenvalue weighted by Crippen LogP contribution is -2.39. The van der Waals surface area contributed by atoms with Gasteiger partial charge in [-0.3, -0.25) is 4.99 Å². The Morgan fingerprint density at radius 3 is 2.75 bits per heavy atom. The summed E-state index contributed by atoms with van der Waals surface area (Å²) in [7, 11) is 1.82. The predicted molar refractivity (Wildman–Crippen MR) is 109 cm³/mol. The number of benzene rings is 1. The molecule has 1 heterocycles. The number of halogens is 1. The summed E-state index contributed by atoms with van der Waals surface area (Å²) < 4.78 is 2.21. The molecule has 0 spiro atoms. The Morgan fingerprint density at radius 1 is 1.25 bits per heavy atom. The minimum absolute atomic E-state index is 0. The molecule has 130 valence electrons. The summed E-state index contributed by atoms with van der Waals surface area (Å²) in [5.41, 5.74) is 1.29. The second kappa shape index (κ2) is 9.66. The van der Waals surface area contributed by atoms with E-state index in [1.165, 1.54) is 18.4 Å². The fourth-order valence-electron chi connectivity index (χ4n) is 2.57. The van der Waals surface area contributed by atoms with Gasteiger partial charge in [0.15, 0.2) is 5.96 Å². The zero-order chi connectivity index (χ0) is 15.9. The predicted octanol–water partition coefficient (Wildman–Crippen LogP) is 2.67. The first-order chi connectivity index (χ1) is 11.3. The number of rotatable bonds is 7. The van der Waals surface area contributed by atoms with E-state index in [1.807, 2.05) is 25.5 Å². The summed E-state index contributed by atoms with van der Waals surface area (Å²) in [5, 5.41) is 6.75. The number of aliphatic imine (C=N–C) groups is 1.